The van der Waals surface area contributed by atoms with E-state index in [4.69, 9.17) is 44.5 Å². The minimum atomic E-state index is -0.582. The van der Waals surface area contributed by atoms with Gasteiger partial charge in [0.1, 0.15) is 11.6 Å². The van der Waals surface area contributed by atoms with Crippen LogP contribution in [0.1, 0.15) is 19.8 Å². The van der Waals surface area contributed by atoms with Crippen molar-refractivity contribution >= 4 is 63.3 Å². The average molecular weight is 540 g/mol. The lowest BCUT2D eigenvalue weighted by atomic mass is 10.1. The molecule has 0 unspecified atom stereocenters. The summed E-state index contributed by atoms with van der Waals surface area (Å²) in [7, 11) is 0. The highest BCUT2D eigenvalue weighted by atomic mass is 35.5. The monoisotopic (exact) mass is 538 g/mol. The highest BCUT2D eigenvalue weighted by Crippen LogP contribution is 2.40. The van der Waals surface area contributed by atoms with E-state index in [1.54, 1.807) is 26.5 Å². The average Bonchev–Trinajstić information content (AvgIpc) is 3.38. The Labute approximate surface area is 216 Å². The zero-order chi connectivity index (χ0) is 24.9. The van der Waals surface area contributed by atoms with E-state index < -0.39 is 5.82 Å². The molecule has 1 atom stereocenters. The molecule has 2 aliphatic heterocycles. The van der Waals surface area contributed by atoms with Gasteiger partial charge in [-0.25, -0.2) is 9.37 Å². The topological polar surface area (TPSA) is 67.7 Å². The van der Waals surface area contributed by atoms with Crippen molar-refractivity contribution in [1.29, 1.82) is 0 Å². The van der Waals surface area contributed by atoms with Crippen LogP contribution in [-0.2, 0) is 20.9 Å². The molecule has 0 saturated carbocycles. The Balaban J connectivity index is 1.61. The Morgan fingerprint density at radius 2 is 1.89 bits per heavy atom. The first-order valence-corrected chi connectivity index (χ1v) is 12.4. The number of hydrogen-bond acceptors (Lipinski definition) is 4. The van der Waals surface area contributed by atoms with E-state index in [1.165, 1.54) is 19.1 Å². The van der Waals surface area contributed by atoms with E-state index in [0.717, 1.165) is 6.42 Å². The quantitative estimate of drug-likeness (QED) is 0.458. The normalized spacial score (nSPS) is 18.7. The van der Waals surface area contributed by atoms with Crippen LogP contribution < -0.4 is 4.90 Å². The van der Waals surface area contributed by atoms with Crippen LogP contribution in [0.3, 0.4) is 0 Å². The maximum atomic E-state index is 14.5. The second-order valence-corrected chi connectivity index (χ2v) is 9.91. The van der Waals surface area contributed by atoms with Crippen molar-refractivity contribution in [2.24, 2.45) is 0 Å². The zero-order valence-corrected chi connectivity index (χ0v) is 21.1. The van der Waals surface area contributed by atoms with Crippen molar-refractivity contribution < 1.29 is 18.7 Å². The highest BCUT2D eigenvalue weighted by Gasteiger charge is 2.28. The van der Waals surface area contributed by atoms with Crippen LogP contribution >= 0.6 is 34.8 Å². The largest absolute Gasteiger partial charge is 0.373 e. The number of halogens is 4. The molecule has 5 rings (SSSR count). The SMILES string of the molecule is CC(=O)N1CCO[C@@H](Cn2c(-c3c(Cl)cc(N4CCCC4=O)cc3Cl)nc3cc(Cl)c(F)cc32)C1. The first kappa shape index (κ1) is 24.3. The predicted octanol–water partition coefficient (Wildman–Crippen LogP) is 5.18. The van der Waals surface area contributed by atoms with Crippen LogP contribution in [0.5, 0.6) is 0 Å². The fourth-order valence-electron chi connectivity index (χ4n) is 4.67. The van der Waals surface area contributed by atoms with Gasteiger partial charge in [0.2, 0.25) is 11.8 Å². The third kappa shape index (κ3) is 4.60. The number of carbonyl (C=O) groups excluding carboxylic acids is 2. The van der Waals surface area contributed by atoms with Gasteiger partial charge in [-0.05, 0) is 24.6 Å². The molecule has 2 aliphatic rings. The number of hydrogen-bond donors (Lipinski definition) is 0. The third-order valence-corrected chi connectivity index (χ3v) is 7.28. The molecule has 2 amide bonds. The summed E-state index contributed by atoms with van der Waals surface area (Å²) in [5, 5.41) is 0.570. The summed E-state index contributed by atoms with van der Waals surface area (Å²) in [5.74, 6) is -0.182. The molecule has 11 heteroatoms. The van der Waals surface area contributed by atoms with Crippen LogP contribution in [0.25, 0.3) is 22.4 Å². The molecule has 0 aliphatic carbocycles. The molecule has 0 bridgehead atoms. The van der Waals surface area contributed by atoms with Crippen LogP contribution in [0.2, 0.25) is 15.1 Å². The number of rotatable bonds is 4. The molecule has 184 valence electrons. The second kappa shape index (κ2) is 9.58. The van der Waals surface area contributed by atoms with Crippen molar-refractivity contribution in [3.05, 3.63) is 45.2 Å². The van der Waals surface area contributed by atoms with Crippen molar-refractivity contribution in [2.45, 2.75) is 32.4 Å². The summed E-state index contributed by atoms with van der Waals surface area (Å²) >= 11 is 19.4. The number of imidazole rings is 1. The van der Waals surface area contributed by atoms with Gasteiger partial charge in [0, 0.05) is 44.7 Å². The molecule has 2 aromatic carbocycles. The molecular formula is C24H22Cl3FN4O3. The number of anilines is 1. The van der Waals surface area contributed by atoms with E-state index in [9.17, 15) is 14.0 Å². The lowest BCUT2D eigenvalue weighted by molar-refractivity contribution is -0.136. The van der Waals surface area contributed by atoms with Crippen LogP contribution in [0.15, 0.2) is 24.3 Å². The number of ether oxygens (including phenoxy) is 1. The molecule has 0 radical (unpaired) electrons. The summed E-state index contributed by atoms with van der Waals surface area (Å²) < 4.78 is 22.2. The number of amides is 2. The number of benzene rings is 2. The number of nitrogens with zero attached hydrogens (tertiary/aromatic N) is 4. The highest BCUT2D eigenvalue weighted by molar-refractivity contribution is 6.39. The molecule has 3 heterocycles. The Kier molecular flexibility index (Phi) is 6.65. The Bertz CT molecular complexity index is 1320. The Hall–Kier alpha value is -2.39. The predicted molar refractivity (Wildman–Crippen MR) is 134 cm³/mol. The molecule has 1 aromatic heterocycles. The first-order chi connectivity index (χ1) is 16.7. The van der Waals surface area contributed by atoms with Crippen LogP contribution in [0.4, 0.5) is 10.1 Å². The summed E-state index contributed by atoms with van der Waals surface area (Å²) in [6.07, 6.45) is 0.913. The van der Waals surface area contributed by atoms with Crippen molar-refractivity contribution in [2.75, 3.05) is 31.1 Å². The van der Waals surface area contributed by atoms with Gasteiger partial charge < -0.3 is 19.1 Å². The number of aromatic nitrogens is 2. The van der Waals surface area contributed by atoms with Gasteiger partial charge in [-0.3, -0.25) is 9.59 Å². The van der Waals surface area contributed by atoms with Gasteiger partial charge in [0.05, 0.1) is 50.9 Å². The van der Waals surface area contributed by atoms with Gasteiger partial charge in [0.15, 0.2) is 0 Å². The summed E-state index contributed by atoms with van der Waals surface area (Å²) in [6, 6.07) is 6.16. The third-order valence-electron chi connectivity index (χ3n) is 6.40. The summed E-state index contributed by atoms with van der Waals surface area (Å²) in [6.45, 7) is 3.71. The van der Waals surface area contributed by atoms with Gasteiger partial charge in [-0.2, -0.15) is 0 Å². The zero-order valence-electron chi connectivity index (χ0n) is 18.9. The smallest absolute Gasteiger partial charge is 0.227 e. The van der Waals surface area contributed by atoms with E-state index >= 15 is 0 Å². The molecule has 0 N–H and O–H groups in total. The Morgan fingerprint density at radius 3 is 2.54 bits per heavy atom. The van der Waals surface area contributed by atoms with E-state index in [0.29, 0.717) is 70.8 Å². The maximum Gasteiger partial charge on any atom is 0.227 e. The van der Waals surface area contributed by atoms with Crippen molar-refractivity contribution in [1.82, 2.24) is 14.5 Å². The number of carbonyl (C=O) groups is 2. The first-order valence-electron chi connectivity index (χ1n) is 11.2. The van der Waals surface area contributed by atoms with E-state index in [1.807, 2.05) is 0 Å². The molecule has 0 spiro atoms. The second-order valence-electron chi connectivity index (χ2n) is 8.69. The summed E-state index contributed by atoms with van der Waals surface area (Å²) in [5.41, 5.74) is 2.04. The minimum Gasteiger partial charge on any atom is -0.373 e. The van der Waals surface area contributed by atoms with E-state index in [-0.39, 0.29) is 29.5 Å². The lowest BCUT2D eigenvalue weighted by Crippen LogP contribution is -2.46. The van der Waals surface area contributed by atoms with Gasteiger partial charge >= 0.3 is 0 Å². The standard InChI is InChI=1S/C24H22Cl3FN4O3/c1-13(33)30-5-6-35-15(11-30)12-32-21-10-19(28)16(25)9-20(21)29-24(32)23-17(26)7-14(8-18(23)27)31-4-2-3-22(31)34/h7-10,15H,2-6,11-12H2,1H3/t15-/m1/s1. The van der Waals surface area contributed by atoms with Crippen LogP contribution in [-0.4, -0.2) is 58.6 Å². The van der Waals surface area contributed by atoms with E-state index in [2.05, 4.69) is 0 Å². The molecule has 7 nitrogen and oxygen atoms in total. The molecule has 3 aromatic rings. The van der Waals surface area contributed by atoms with Gasteiger partial charge in [-0.1, -0.05) is 34.8 Å². The van der Waals surface area contributed by atoms with Crippen molar-refractivity contribution in [3.8, 4) is 11.4 Å². The molecule has 35 heavy (non-hydrogen) atoms. The molecular weight excluding hydrogens is 518 g/mol. The lowest BCUT2D eigenvalue weighted by Gasteiger charge is -2.33. The van der Waals surface area contributed by atoms with Gasteiger partial charge in [0.25, 0.3) is 0 Å². The fourth-order valence-corrected chi connectivity index (χ4v) is 5.47. The molecule has 2 fully saturated rings. The molecule has 2 saturated heterocycles. The maximum absolute atomic E-state index is 14.5. The Morgan fingerprint density at radius 1 is 1.14 bits per heavy atom. The van der Waals surface area contributed by atoms with Gasteiger partial charge in [-0.15, -0.1) is 0 Å². The fraction of sp³-hybridized carbons (Fsp3) is 0.375. The number of fused-ring (bicyclic) bond motifs is 1. The van der Waals surface area contributed by atoms with Crippen molar-refractivity contribution in [3.63, 3.8) is 0 Å². The summed E-state index contributed by atoms with van der Waals surface area (Å²) in [4.78, 5) is 32.2. The van der Waals surface area contributed by atoms with Crippen LogP contribution in [0, 0.1) is 5.82 Å². The minimum absolute atomic E-state index is 0.0201. The number of morpholine rings is 1.